The molecule has 4 rings (SSSR count). The molecule has 0 aliphatic heterocycles. The predicted molar refractivity (Wildman–Crippen MR) is 108 cm³/mol. The zero-order valence-corrected chi connectivity index (χ0v) is 18.0. The number of aliphatic hydroxyl groups excluding tert-OH is 1. The van der Waals surface area contributed by atoms with Crippen molar-refractivity contribution in [3.8, 4) is 0 Å². The zero-order chi connectivity index (χ0) is 21.1. The molecular formula is C24H36O5. The van der Waals surface area contributed by atoms with Crippen LogP contribution in [0.2, 0.25) is 0 Å². The molecule has 0 aromatic heterocycles. The SMILES string of the molecule is CC(CCC(=O)O)C1CCC2C3C(=O)CC4C[C@H](O)CCC4(C)C3CC(=O)C12C. The maximum atomic E-state index is 13.6. The van der Waals surface area contributed by atoms with Crippen LogP contribution in [0.15, 0.2) is 0 Å². The number of rotatable bonds is 4. The Bertz CT molecular complexity index is 716. The number of carbonyl (C=O) groups is 3. The topological polar surface area (TPSA) is 91.7 Å². The molecule has 0 heterocycles. The molecule has 0 aromatic rings. The lowest BCUT2D eigenvalue weighted by Crippen LogP contribution is -2.60. The van der Waals surface area contributed by atoms with E-state index in [0.29, 0.717) is 37.2 Å². The summed E-state index contributed by atoms with van der Waals surface area (Å²) in [5.41, 5.74) is -0.520. The van der Waals surface area contributed by atoms with Gasteiger partial charge in [-0.25, -0.2) is 0 Å². The molecular weight excluding hydrogens is 368 g/mol. The molecule has 0 amide bonds. The molecule has 2 N–H and O–H groups in total. The molecule has 29 heavy (non-hydrogen) atoms. The number of hydrogen-bond donors (Lipinski definition) is 2. The van der Waals surface area contributed by atoms with Crippen molar-refractivity contribution >= 4 is 17.5 Å². The lowest BCUT2D eigenvalue weighted by Gasteiger charge is -2.59. The van der Waals surface area contributed by atoms with Gasteiger partial charge in [-0.1, -0.05) is 20.8 Å². The Kier molecular flexibility index (Phi) is 5.20. The zero-order valence-electron chi connectivity index (χ0n) is 18.0. The standard InChI is InChI=1S/C24H36O5/c1-13(4-7-21(28)29)16-5-6-17-22-18(12-20(27)24(16,17)3)23(2)9-8-15(25)10-14(23)11-19(22)26/h13-18,22,25H,4-12H2,1-3H3,(H,28,29)/t13?,14?,15-,16?,17?,18?,22?,23?,24?/m1/s1. The second kappa shape index (κ2) is 7.18. The Morgan fingerprint density at radius 2 is 1.86 bits per heavy atom. The fourth-order valence-corrected chi connectivity index (χ4v) is 8.13. The number of aliphatic carboxylic acids is 1. The summed E-state index contributed by atoms with van der Waals surface area (Å²) in [6.07, 6.45) is 5.64. The molecule has 0 aromatic carbocycles. The van der Waals surface area contributed by atoms with Gasteiger partial charge in [0.2, 0.25) is 0 Å². The highest BCUT2D eigenvalue weighted by molar-refractivity contribution is 5.92. The smallest absolute Gasteiger partial charge is 0.303 e. The highest BCUT2D eigenvalue weighted by Gasteiger charge is 2.66. The van der Waals surface area contributed by atoms with Gasteiger partial charge in [0.15, 0.2) is 0 Å². The Hall–Kier alpha value is -1.23. The van der Waals surface area contributed by atoms with Gasteiger partial charge in [0.05, 0.1) is 6.10 Å². The minimum absolute atomic E-state index is 0.0260. The van der Waals surface area contributed by atoms with Crippen LogP contribution in [-0.2, 0) is 14.4 Å². The van der Waals surface area contributed by atoms with Crippen molar-refractivity contribution in [2.45, 2.75) is 84.7 Å². The Morgan fingerprint density at radius 1 is 1.14 bits per heavy atom. The molecule has 4 saturated carbocycles. The minimum Gasteiger partial charge on any atom is -0.481 e. The number of hydrogen-bond acceptors (Lipinski definition) is 4. The fraction of sp³-hybridized carbons (Fsp3) is 0.875. The average molecular weight is 405 g/mol. The molecule has 5 heteroatoms. The van der Waals surface area contributed by atoms with E-state index in [0.717, 1.165) is 25.7 Å². The lowest BCUT2D eigenvalue weighted by atomic mass is 9.43. The monoisotopic (exact) mass is 404 g/mol. The van der Waals surface area contributed by atoms with E-state index in [1.807, 2.05) is 0 Å². The van der Waals surface area contributed by atoms with Crippen LogP contribution in [0.1, 0.15) is 78.6 Å². The third-order valence-corrected chi connectivity index (χ3v) is 9.87. The Morgan fingerprint density at radius 3 is 2.55 bits per heavy atom. The van der Waals surface area contributed by atoms with E-state index in [1.54, 1.807) is 0 Å². The Balaban J connectivity index is 1.62. The number of aliphatic hydroxyl groups is 1. The minimum atomic E-state index is -0.785. The summed E-state index contributed by atoms with van der Waals surface area (Å²) in [7, 11) is 0. The van der Waals surface area contributed by atoms with Gasteiger partial charge in [-0.05, 0) is 73.5 Å². The first-order valence-corrected chi connectivity index (χ1v) is 11.5. The molecule has 8 unspecified atom stereocenters. The number of Topliss-reactive ketones (excluding diaryl/α,β-unsaturated/α-hetero) is 2. The number of fused-ring (bicyclic) bond motifs is 5. The summed E-state index contributed by atoms with van der Waals surface area (Å²) < 4.78 is 0. The molecule has 4 aliphatic rings. The van der Waals surface area contributed by atoms with Crippen LogP contribution in [0, 0.1) is 46.3 Å². The molecule has 9 atom stereocenters. The summed E-state index contributed by atoms with van der Waals surface area (Å²) in [5.74, 6) is 0.550. The summed E-state index contributed by atoms with van der Waals surface area (Å²) in [5, 5.41) is 19.2. The first-order valence-electron chi connectivity index (χ1n) is 11.5. The molecule has 0 saturated heterocycles. The van der Waals surface area contributed by atoms with Crippen molar-refractivity contribution in [3.05, 3.63) is 0 Å². The van der Waals surface area contributed by atoms with Crippen molar-refractivity contribution in [3.63, 3.8) is 0 Å². The van der Waals surface area contributed by atoms with E-state index in [1.165, 1.54) is 0 Å². The van der Waals surface area contributed by atoms with Crippen LogP contribution in [0.5, 0.6) is 0 Å². The van der Waals surface area contributed by atoms with Gasteiger partial charge in [-0.2, -0.15) is 0 Å². The van der Waals surface area contributed by atoms with Crippen LogP contribution in [-0.4, -0.2) is 33.9 Å². The third kappa shape index (κ3) is 3.10. The molecule has 0 radical (unpaired) electrons. The van der Waals surface area contributed by atoms with Crippen molar-refractivity contribution < 1.29 is 24.6 Å². The maximum absolute atomic E-state index is 13.6. The molecule has 4 aliphatic carbocycles. The number of ketones is 2. The highest BCUT2D eigenvalue weighted by Crippen LogP contribution is 2.66. The van der Waals surface area contributed by atoms with Gasteiger partial charge in [-0.15, -0.1) is 0 Å². The van der Waals surface area contributed by atoms with Gasteiger partial charge in [0.25, 0.3) is 0 Å². The largest absolute Gasteiger partial charge is 0.481 e. The first-order chi connectivity index (χ1) is 13.6. The summed E-state index contributed by atoms with van der Waals surface area (Å²) in [4.78, 5) is 38.0. The van der Waals surface area contributed by atoms with Crippen molar-refractivity contribution in [1.82, 2.24) is 0 Å². The molecule has 0 bridgehead atoms. The summed E-state index contributed by atoms with van der Waals surface area (Å²) in [6, 6.07) is 0. The van der Waals surface area contributed by atoms with E-state index < -0.39 is 11.4 Å². The van der Waals surface area contributed by atoms with Gasteiger partial charge in [-0.3, -0.25) is 14.4 Å². The second-order valence-corrected chi connectivity index (χ2v) is 11.0. The van der Waals surface area contributed by atoms with Crippen molar-refractivity contribution in [1.29, 1.82) is 0 Å². The summed E-state index contributed by atoms with van der Waals surface area (Å²) >= 11 is 0. The lowest BCUT2D eigenvalue weighted by molar-refractivity contribution is -0.168. The van der Waals surface area contributed by atoms with Gasteiger partial charge in [0, 0.05) is 30.6 Å². The van der Waals surface area contributed by atoms with Gasteiger partial charge < -0.3 is 10.2 Å². The molecule has 4 fully saturated rings. The first kappa shape index (κ1) is 21.0. The summed E-state index contributed by atoms with van der Waals surface area (Å²) in [6.45, 7) is 6.44. The van der Waals surface area contributed by atoms with E-state index >= 15 is 0 Å². The normalized spacial score (nSPS) is 47.9. The fourth-order valence-electron chi connectivity index (χ4n) is 8.13. The van der Waals surface area contributed by atoms with Crippen molar-refractivity contribution in [2.75, 3.05) is 0 Å². The van der Waals surface area contributed by atoms with E-state index in [2.05, 4.69) is 20.8 Å². The van der Waals surface area contributed by atoms with Gasteiger partial charge >= 0.3 is 5.97 Å². The predicted octanol–water partition coefficient (Wildman–Crippen LogP) is 3.87. The molecule has 5 nitrogen and oxygen atoms in total. The highest BCUT2D eigenvalue weighted by atomic mass is 16.4. The average Bonchev–Trinajstić information content (AvgIpc) is 3.01. The van der Waals surface area contributed by atoms with Crippen LogP contribution >= 0.6 is 0 Å². The van der Waals surface area contributed by atoms with Crippen molar-refractivity contribution in [2.24, 2.45) is 46.3 Å². The Labute approximate surface area is 173 Å². The quantitative estimate of drug-likeness (QED) is 0.742. The maximum Gasteiger partial charge on any atom is 0.303 e. The molecule has 0 spiro atoms. The third-order valence-electron chi connectivity index (χ3n) is 9.87. The van der Waals surface area contributed by atoms with E-state index in [9.17, 15) is 19.5 Å². The number of carboxylic acid groups (broad SMARTS) is 1. The van der Waals surface area contributed by atoms with Gasteiger partial charge in [0.1, 0.15) is 11.6 Å². The van der Waals surface area contributed by atoms with E-state index in [-0.39, 0.29) is 53.4 Å². The van der Waals surface area contributed by atoms with Crippen LogP contribution in [0.25, 0.3) is 0 Å². The number of carbonyl (C=O) groups excluding carboxylic acids is 2. The van der Waals surface area contributed by atoms with Crippen LogP contribution in [0.4, 0.5) is 0 Å². The van der Waals surface area contributed by atoms with Crippen LogP contribution in [0.3, 0.4) is 0 Å². The van der Waals surface area contributed by atoms with Crippen LogP contribution < -0.4 is 0 Å². The molecule has 162 valence electrons. The number of carboxylic acids is 1. The second-order valence-electron chi connectivity index (χ2n) is 11.0. The van der Waals surface area contributed by atoms with E-state index in [4.69, 9.17) is 5.11 Å².